The van der Waals surface area contributed by atoms with Crippen LogP contribution in [0.3, 0.4) is 0 Å². The van der Waals surface area contributed by atoms with Crippen LogP contribution in [0.5, 0.6) is 0 Å². The third-order valence-corrected chi connectivity index (χ3v) is 2.46. The van der Waals surface area contributed by atoms with Crippen LogP contribution in [0, 0.1) is 0 Å². The van der Waals surface area contributed by atoms with Crippen LogP contribution in [0.2, 0.25) is 0 Å². The minimum Gasteiger partial charge on any atom is -0.348 e. The molecule has 4 nitrogen and oxygen atoms in total. The molecule has 0 heterocycles. The van der Waals surface area contributed by atoms with Gasteiger partial charge in [-0.3, -0.25) is 9.59 Å². The Morgan fingerprint density at radius 1 is 1.41 bits per heavy atom. The molecule has 0 bridgehead atoms. The summed E-state index contributed by atoms with van der Waals surface area (Å²) in [6, 6.07) is 7.44. The van der Waals surface area contributed by atoms with Crippen LogP contribution in [0.25, 0.3) is 0 Å². The highest BCUT2D eigenvalue weighted by atomic mass is 16.2. The van der Waals surface area contributed by atoms with Gasteiger partial charge in [0.15, 0.2) is 0 Å². The van der Waals surface area contributed by atoms with Crippen molar-refractivity contribution in [2.45, 2.75) is 13.5 Å². The Labute approximate surface area is 101 Å². The molecule has 90 valence electrons. The van der Waals surface area contributed by atoms with Crippen molar-refractivity contribution in [3.8, 4) is 0 Å². The fourth-order valence-electron chi connectivity index (χ4n) is 1.41. The highest BCUT2D eigenvalue weighted by Gasteiger charge is 2.10. The van der Waals surface area contributed by atoms with Gasteiger partial charge in [-0.05, 0) is 17.7 Å². The van der Waals surface area contributed by atoms with E-state index in [9.17, 15) is 9.59 Å². The third kappa shape index (κ3) is 3.45. The fraction of sp³-hybridized carbons (Fsp3) is 0.231. The Morgan fingerprint density at radius 3 is 2.65 bits per heavy atom. The molecule has 0 unspecified atom stereocenters. The maximum atomic E-state index is 11.3. The summed E-state index contributed by atoms with van der Waals surface area (Å²) in [5, 5.41) is 2.69. The number of para-hydroxylation sites is 1. The molecule has 1 aromatic carbocycles. The van der Waals surface area contributed by atoms with E-state index in [0.29, 0.717) is 6.54 Å². The first-order valence-electron chi connectivity index (χ1n) is 5.28. The first-order chi connectivity index (χ1) is 8.06. The molecule has 0 saturated carbocycles. The van der Waals surface area contributed by atoms with Gasteiger partial charge in [-0.2, -0.15) is 0 Å². The van der Waals surface area contributed by atoms with E-state index in [2.05, 4.69) is 11.9 Å². The molecule has 2 amide bonds. The van der Waals surface area contributed by atoms with Gasteiger partial charge in [0.25, 0.3) is 0 Å². The number of anilines is 1. The smallest absolute Gasteiger partial charge is 0.243 e. The van der Waals surface area contributed by atoms with Gasteiger partial charge in [-0.15, -0.1) is 0 Å². The zero-order chi connectivity index (χ0) is 12.8. The van der Waals surface area contributed by atoms with Gasteiger partial charge in [0.2, 0.25) is 11.8 Å². The van der Waals surface area contributed by atoms with Gasteiger partial charge >= 0.3 is 0 Å². The van der Waals surface area contributed by atoms with Crippen molar-refractivity contribution in [3.63, 3.8) is 0 Å². The number of carbonyl (C=O) groups excluding carboxylic acids is 2. The molecule has 1 N–H and O–H groups in total. The lowest BCUT2D eigenvalue weighted by Gasteiger charge is -2.19. The molecule has 0 saturated heterocycles. The lowest BCUT2D eigenvalue weighted by Crippen LogP contribution is -2.26. The van der Waals surface area contributed by atoms with Crippen molar-refractivity contribution in [2.75, 3.05) is 11.9 Å². The summed E-state index contributed by atoms with van der Waals surface area (Å²) in [6.45, 7) is 5.25. The van der Waals surface area contributed by atoms with Gasteiger partial charge in [-0.25, -0.2) is 0 Å². The first-order valence-corrected chi connectivity index (χ1v) is 5.28. The molecule has 0 aliphatic heterocycles. The van der Waals surface area contributed by atoms with E-state index in [-0.39, 0.29) is 11.8 Å². The Hall–Kier alpha value is -2.10. The van der Waals surface area contributed by atoms with Gasteiger partial charge in [0.1, 0.15) is 0 Å². The number of carbonyl (C=O) groups is 2. The molecule has 0 radical (unpaired) electrons. The normalized spacial score (nSPS) is 9.53. The standard InChI is InChI=1S/C13H16N2O2/c1-4-13(17)14-9-11-7-5-6-8-12(11)15(3)10(2)16/h4-8H,1,9H2,2-3H3,(H,14,17). The first kappa shape index (κ1) is 13.0. The number of hydrogen-bond acceptors (Lipinski definition) is 2. The number of hydrogen-bond donors (Lipinski definition) is 1. The summed E-state index contributed by atoms with van der Waals surface area (Å²) in [4.78, 5) is 24.0. The maximum Gasteiger partial charge on any atom is 0.243 e. The number of nitrogens with one attached hydrogen (secondary N) is 1. The van der Waals surface area contributed by atoms with Gasteiger partial charge in [0.05, 0.1) is 0 Å². The lowest BCUT2D eigenvalue weighted by atomic mass is 10.1. The fourth-order valence-corrected chi connectivity index (χ4v) is 1.41. The average molecular weight is 232 g/mol. The summed E-state index contributed by atoms with van der Waals surface area (Å²) in [5.41, 5.74) is 1.68. The van der Waals surface area contributed by atoms with Crippen molar-refractivity contribution in [2.24, 2.45) is 0 Å². The highest BCUT2D eigenvalue weighted by molar-refractivity contribution is 5.92. The quantitative estimate of drug-likeness (QED) is 0.799. The Kier molecular flexibility index (Phi) is 4.46. The molecule has 0 spiro atoms. The van der Waals surface area contributed by atoms with E-state index in [0.717, 1.165) is 11.3 Å². The van der Waals surface area contributed by atoms with Crippen LogP contribution >= 0.6 is 0 Å². The van der Waals surface area contributed by atoms with Crippen molar-refractivity contribution < 1.29 is 9.59 Å². The van der Waals surface area contributed by atoms with Crippen molar-refractivity contribution in [1.82, 2.24) is 5.32 Å². The van der Waals surface area contributed by atoms with Crippen LogP contribution in [-0.2, 0) is 16.1 Å². The minimum absolute atomic E-state index is 0.0486. The van der Waals surface area contributed by atoms with E-state index in [1.807, 2.05) is 24.3 Å². The van der Waals surface area contributed by atoms with Gasteiger partial charge in [0, 0.05) is 26.2 Å². The van der Waals surface area contributed by atoms with Crippen LogP contribution in [0.1, 0.15) is 12.5 Å². The highest BCUT2D eigenvalue weighted by Crippen LogP contribution is 2.18. The molecule has 0 fully saturated rings. The summed E-state index contributed by atoms with van der Waals surface area (Å²) in [6.07, 6.45) is 1.22. The van der Waals surface area contributed by atoms with Crippen LogP contribution in [0.4, 0.5) is 5.69 Å². The molecule has 0 aromatic heterocycles. The Bertz CT molecular complexity index is 441. The zero-order valence-corrected chi connectivity index (χ0v) is 10.1. The van der Waals surface area contributed by atoms with Gasteiger partial charge < -0.3 is 10.2 Å². The SMILES string of the molecule is C=CC(=O)NCc1ccccc1N(C)C(C)=O. The second-order valence-corrected chi connectivity index (χ2v) is 3.63. The minimum atomic E-state index is -0.231. The van der Waals surface area contributed by atoms with E-state index >= 15 is 0 Å². The van der Waals surface area contributed by atoms with E-state index in [4.69, 9.17) is 0 Å². The maximum absolute atomic E-state index is 11.3. The van der Waals surface area contributed by atoms with Crippen LogP contribution < -0.4 is 10.2 Å². The topological polar surface area (TPSA) is 49.4 Å². The Morgan fingerprint density at radius 2 is 2.06 bits per heavy atom. The molecule has 1 rings (SSSR count). The van der Waals surface area contributed by atoms with Gasteiger partial charge in [-0.1, -0.05) is 24.8 Å². The molecule has 0 atom stereocenters. The second kappa shape index (κ2) is 5.84. The van der Waals surface area contributed by atoms with E-state index in [1.54, 1.807) is 11.9 Å². The predicted molar refractivity (Wildman–Crippen MR) is 67.6 cm³/mol. The van der Waals surface area contributed by atoms with Crippen molar-refractivity contribution in [1.29, 1.82) is 0 Å². The molecule has 0 aliphatic rings. The molecule has 0 aliphatic carbocycles. The molecular formula is C13H16N2O2. The second-order valence-electron chi connectivity index (χ2n) is 3.63. The summed E-state index contributed by atoms with van der Waals surface area (Å²) >= 11 is 0. The van der Waals surface area contributed by atoms with Crippen molar-refractivity contribution >= 4 is 17.5 Å². The van der Waals surface area contributed by atoms with Crippen LogP contribution in [-0.4, -0.2) is 18.9 Å². The van der Waals surface area contributed by atoms with Crippen LogP contribution in [0.15, 0.2) is 36.9 Å². The van der Waals surface area contributed by atoms with E-state index < -0.39 is 0 Å². The van der Waals surface area contributed by atoms with E-state index in [1.165, 1.54) is 13.0 Å². The largest absolute Gasteiger partial charge is 0.348 e. The predicted octanol–water partition coefficient (Wildman–Crippen LogP) is 1.47. The number of benzene rings is 1. The molecular weight excluding hydrogens is 216 g/mol. The Balaban J connectivity index is 2.88. The summed E-state index contributed by atoms with van der Waals surface area (Å²) in [5.74, 6) is -0.280. The zero-order valence-electron chi connectivity index (χ0n) is 10.1. The summed E-state index contributed by atoms with van der Waals surface area (Å²) < 4.78 is 0. The lowest BCUT2D eigenvalue weighted by molar-refractivity contribution is -0.117. The summed E-state index contributed by atoms with van der Waals surface area (Å²) in [7, 11) is 1.70. The molecule has 4 heteroatoms. The third-order valence-electron chi connectivity index (χ3n) is 2.46. The molecule has 1 aromatic rings. The monoisotopic (exact) mass is 232 g/mol. The number of amides is 2. The number of rotatable bonds is 4. The number of nitrogens with zero attached hydrogens (tertiary/aromatic N) is 1. The average Bonchev–Trinajstić information content (AvgIpc) is 2.35. The molecule has 17 heavy (non-hydrogen) atoms. The van der Waals surface area contributed by atoms with Crippen molar-refractivity contribution in [3.05, 3.63) is 42.5 Å².